The Morgan fingerprint density at radius 1 is 0.676 bits per heavy atom. The summed E-state index contributed by atoms with van der Waals surface area (Å²) >= 11 is 0.956. The number of aromatic nitrogens is 5. The fourth-order valence-corrected chi connectivity index (χ4v) is 4.61. The van der Waals surface area contributed by atoms with Crippen molar-refractivity contribution in [3.8, 4) is 22.9 Å². The van der Waals surface area contributed by atoms with E-state index in [4.69, 9.17) is 0 Å². The number of hydrogen-bond donors (Lipinski definition) is 1. The lowest BCUT2D eigenvalue weighted by atomic mass is 10.3. The van der Waals surface area contributed by atoms with E-state index in [9.17, 15) is 14.7 Å². The molecule has 5 rings (SSSR count). The van der Waals surface area contributed by atoms with Crippen molar-refractivity contribution in [1.29, 1.82) is 0 Å². The van der Waals surface area contributed by atoms with Gasteiger partial charge in [0.25, 0.3) is 5.56 Å². The monoisotopic (exact) mass is 469 g/mol. The van der Waals surface area contributed by atoms with Crippen LogP contribution in [0.5, 0.6) is 5.88 Å². The highest BCUT2D eigenvalue weighted by Gasteiger charge is 2.24. The molecule has 2 heterocycles. The second-order valence-electron chi connectivity index (χ2n) is 7.39. The fraction of sp³-hybridized carbons (Fsp3) is 0.0400. The highest BCUT2D eigenvalue weighted by atomic mass is 32.2. The number of aryl methyl sites for hydroxylation is 1. The first kappa shape index (κ1) is 21.5. The van der Waals surface area contributed by atoms with E-state index in [0.29, 0.717) is 22.4 Å². The molecule has 0 aliphatic carbocycles. The predicted molar refractivity (Wildman–Crippen MR) is 130 cm³/mol. The van der Waals surface area contributed by atoms with Crippen LogP contribution in [-0.2, 0) is 0 Å². The minimum atomic E-state index is -0.676. The highest BCUT2D eigenvalue weighted by molar-refractivity contribution is 7.99. The van der Waals surface area contributed by atoms with E-state index < -0.39 is 17.1 Å². The Labute approximate surface area is 198 Å². The average molecular weight is 470 g/mol. The van der Waals surface area contributed by atoms with Gasteiger partial charge in [0.05, 0.1) is 11.4 Å². The molecule has 0 radical (unpaired) electrons. The normalized spacial score (nSPS) is 11.0. The van der Waals surface area contributed by atoms with Crippen LogP contribution in [0, 0.1) is 6.92 Å². The molecule has 0 spiro atoms. The van der Waals surface area contributed by atoms with E-state index in [2.05, 4.69) is 10.2 Å². The van der Waals surface area contributed by atoms with E-state index in [0.717, 1.165) is 26.6 Å². The van der Waals surface area contributed by atoms with Crippen molar-refractivity contribution in [1.82, 2.24) is 23.9 Å². The van der Waals surface area contributed by atoms with Crippen LogP contribution in [0.25, 0.3) is 17.1 Å². The minimum Gasteiger partial charge on any atom is -0.493 e. The molecule has 0 saturated carbocycles. The van der Waals surface area contributed by atoms with Crippen molar-refractivity contribution in [3.05, 3.63) is 118 Å². The summed E-state index contributed by atoms with van der Waals surface area (Å²) in [6.45, 7) is 1.80. The molecule has 168 valence electrons. The third-order valence-electron chi connectivity index (χ3n) is 5.23. The maximum atomic E-state index is 13.6. The molecule has 0 amide bonds. The molecule has 0 saturated heterocycles. The summed E-state index contributed by atoms with van der Waals surface area (Å²) in [5, 5.41) is 19.9. The molecule has 9 heteroatoms. The van der Waals surface area contributed by atoms with Crippen LogP contribution < -0.4 is 11.2 Å². The van der Waals surface area contributed by atoms with Gasteiger partial charge in [-0.15, -0.1) is 10.2 Å². The van der Waals surface area contributed by atoms with Gasteiger partial charge in [-0.1, -0.05) is 54.6 Å². The first-order valence-electron chi connectivity index (χ1n) is 10.4. The molecule has 8 nitrogen and oxygen atoms in total. The molecule has 0 unspecified atom stereocenters. The van der Waals surface area contributed by atoms with Gasteiger partial charge in [-0.2, -0.15) is 0 Å². The first-order valence-corrected chi connectivity index (χ1v) is 11.2. The third-order valence-corrected chi connectivity index (χ3v) is 6.23. The van der Waals surface area contributed by atoms with Gasteiger partial charge in [-0.3, -0.25) is 9.36 Å². The topological polar surface area (TPSA) is 94.9 Å². The summed E-state index contributed by atoms with van der Waals surface area (Å²) in [7, 11) is 0. The quantitative estimate of drug-likeness (QED) is 0.421. The highest BCUT2D eigenvalue weighted by Crippen LogP contribution is 2.33. The molecule has 3 aromatic carbocycles. The van der Waals surface area contributed by atoms with Crippen molar-refractivity contribution in [3.63, 3.8) is 0 Å². The number of hydrogen-bond acceptors (Lipinski definition) is 6. The van der Waals surface area contributed by atoms with Gasteiger partial charge < -0.3 is 5.11 Å². The fourth-order valence-electron chi connectivity index (χ4n) is 3.65. The Morgan fingerprint density at radius 2 is 1.15 bits per heavy atom. The summed E-state index contributed by atoms with van der Waals surface area (Å²) in [6.07, 6.45) is 0. The summed E-state index contributed by atoms with van der Waals surface area (Å²) in [5.74, 6) is 0.159. The van der Waals surface area contributed by atoms with Gasteiger partial charge in [0.15, 0.2) is 0 Å². The molecule has 34 heavy (non-hydrogen) atoms. The summed E-state index contributed by atoms with van der Waals surface area (Å²) in [5.41, 5.74) is 0.310. The van der Waals surface area contributed by atoms with Crippen molar-refractivity contribution in [2.24, 2.45) is 0 Å². The number of rotatable bonds is 5. The average Bonchev–Trinajstić information content (AvgIpc) is 3.23. The molecule has 5 aromatic rings. The number of benzene rings is 3. The van der Waals surface area contributed by atoms with Gasteiger partial charge in [0.1, 0.15) is 10.7 Å². The van der Waals surface area contributed by atoms with Crippen LogP contribution >= 0.6 is 11.8 Å². The first-order chi connectivity index (χ1) is 16.6. The second kappa shape index (κ2) is 8.87. The zero-order valence-electron chi connectivity index (χ0n) is 18.1. The minimum absolute atomic E-state index is 0.0445. The number of aromatic hydroxyl groups is 1. The number of para-hydroxylation sites is 3. The Balaban J connectivity index is 1.76. The van der Waals surface area contributed by atoms with Crippen LogP contribution in [0.15, 0.2) is 111 Å². The van der Waals surface area contributed by atoms with Crippen LogP contribution in [-0.4, -0.2) is 29.0 Å². The molecule has 0 atom stereocenters. The van der Waals surface area contributed by atoms with Gasteiger partial charge in [0, 0.05) is 5.69 Å². The van der Waals surface area contributed by atoms with E-state index in [1.54, 1.807) is 72.2 Å². The summed E-state index contributed by atoms with van der Waals surface area (Å²) in [6, 6.07) is 26.8. The van der Waals surface area contributed by atoms with Gasteiger partial charge in [-0.25, -0.2) is 13.9 Å². The van der Waals surface area contributed by atoms with E-state index in [-0.39, 0.29) is 4.90 Å². The van der Waals surface area contributed by atoms with Crippen LogP contribution in [0.1, 0.15) is 5.82 Å². The van der Waals surface area contributed by atoms with Crippen molar-refractivity contribution >= 4 is 11.8 Å². The Kier molecular flexibility index (Phi) is 5.60. The molecule has 0 aliphatic rings. The van der Waals surface area contributed by atoms with Crippen molar-refractivity contribution in [2.45, 2.75) is 17.0 Å². The Morgan fingerprint density at radius 3 is 1.68 bits per heavy atom. The second-order valence-corrected chi connectivity index (χ2v) is 8.36. The van der Waals surface area contributed by atoms with E-state index in [1.807, 2.05) is 30.3 Å². The van der Waals surface area contributed by atoms with Crippen LogP contribution in [0.3, 0.4) is 0 Å². The Bertz CT molecular complexity index is 1580. The lowest BCUT2D eigenvalue weighted by Crippen LogP contribution is -2.39. The van der Waals surface area contributed by atoms with Gasteiger partial charge in [-0.05, 0) is 55.1 Å². The standard InChI is InChI=1S/C25H19N5O3S/c1-17-26-27-24(28(17)18-11-5-2-6-12-18)34-21-22(31)29(19-13-7-3-8-14-19)25(33)30(23(21)32)20-15-9-4-10-16-20/h2-16,31H,1H3. The number of nitrogens with zero attached hydrogens (tertiary/aromatic N) is 5. The van der Waals surface area contributed by atoms with Gasteiger partial charge in [0.2, 0.25) is 11.0 Å². The van der Waals surface area contributed by atoms with Crippen LogP contribution in [0.4, 0.5) is 0 Å². The zero-order chi connectivity index (χ0) is 23.7. The smallest absolute Gasteiger partial charge is 0.343 e. The predicted octanol–water partition coefficient (Wildman–Crippen LogP) is 3.73. The molecular formula is C25H19N5O3S. The van der Waals surface area contributed by atoms with Crippen molar-refractivity contribution < 1.29 is 5.11 Å². The Hall–Kier alpha value is -4.37. The van der Waals surface area contributed by atoms with Crippen molar-refractivity contribution in [2.75, 3.05) is 0 Å². The summed E-state index contributed by atoms with van der Waals surface area (Å²) in [4.78, 5) is 27.0. The molecule has 0 bridgehead atoms. The molecule has 0 aliphatic heterocycles. The lowest BCUT2D eigenvalue weighted by Gasteiger charge is -2.16. The molecule has 2 aromatic heterocycles. The molecular weight excluding hydrogens is 450 g/mol. The molecule has 0 fully saturated rings. The van der Waals surface area contributed by atoms with E-state index in [1.165, 1.54) is 0 Å². The maximum absolute atomic E-state index is 13.6. The van der Waals surface area contributed by atoms with Gasteiger partial charge >= 0.3 is 5.69 Å². The van der Waals surface area contributed by atoms with E-state index >= 15 is 0 Å². The van der Waals surface area contributed by atoms with Crippen LogP contribution in [0.2, 0.25) is 0 Å². The lowest BCUT2D eigenvalue weighted by molar-refractivity contribution is 0.411. The summed E-state index contributed by atoms with van der Waals surface area (Å²) < 4.78 is 3.95. The SMILES string of the molecule is Cc1nnc(Sc2c(O)n(-c3ccccc3)c(=O)n(-c3ccccc3)c2=O)n1-c1ccccc1. The maximum Gasteiger partial charge on any atom is 0.343 e. The molecule has 1 N–H and O–H groups in total. The largest absolute Gasteiger partial charge is 0.493 e. The zero-order valence-corrected chi connectivity index (χ0v) is 18.9. The third kappa shape index (κ3) is 3.71.